The minimum Gasteiger partial charge on any atom is -0.399 e. The summed E-state index contributed by atoms with van der Waals surface area (Å²) in [7, 11) is 0. The molecule has 0 heterocycles. The van der Waals surface area contributed by atoms with Gasteiger partial charge in [0.1, 0.15) is 5.60 Å². The molecule has 16 heavy (non-hydrogen) atoms. The Labute approximate surface area is 95.3 Å². The molecule has 1 aromatic carbocycles. The van der Waals surface area contributed by atoms with Crippen molar-refractivity contribution in [2.75, 3.05) is 5.73 Å². The first-order chi connectivity index (χ1) is 7.29. The van der Waals surface area contributed by atoms with Gasteiger partial charge >= 0.3 is 5.97 Å². The Morgan fingerprint density at radius 3 is 2.50 bits per heavy atom. The van der Waals surface area contributed by atoms with E-state index in [-0.39, 0.29) is 0 Å². The Bertz CT molecular complexity index is 394. The first-order valence-electron chi connectivity index (χ1n) is 5.06. The Morgan fingerprint density at radius 2 is 1.94 bits per heavy atom. The number of nitrogens with two attached hydrogens (primary N) is 1. The van der Waals surface area contributed by atoms with E-state index >= 15 is 0 Å². The number of carbonyl (C=O) groups excluding carboxylic acids is 1. The fourth-order valence-corrected chi connectivity index (χ4v) is 1.07. The number of rotatable bonds is 2. The Morgan fingerprint density at radius 1 is 1.31 bits per heavy atom. The summed E-state index contributed by atoms with van der Waals surface area (Å²) in [6.45, 7) is 7.21. The average molecular weight is 223 g/mol. The maximum Gasteiger partial charge on any atom is 0.373 e. The maximum atomic E-state index is 11.7. The van der Waals surface area contributed by atoms with Gasteiger partial charge in [0.15, 0.2) is 0 Å². The summed E-state index contributed by atoms with van der Waals surface area (Å²) in [4.78, 5) is 21.3. The number of aryl methyl sites for hydroxylation is 1. The predicted octanol–water partition coefficient (Wildman–Crippen LogP) is 2.46. The first kappa shape index (κ1) is 12.5. The van der Waals surface area contributed by atoms with Crippen molar-refractivity contribution in [3.05, 3.63) is 29.3 Å². The van der Waals surface area contributed by atoms with E-state index in [1.54, 1.807) is 39.0 Å². The molecule has 0 unspecified atom stereocenters. The van der Waals surface area contributed by atoms with Crippen molar-refractivity contribution in [2.45, 2.75) is 33.3 Å². The summed E-state index contributed by atoms with van der Waals surface area (Å²) in [6.07, 6.45) is 0. The number of nitrogen functional groups attached to an aromatic ring is 1. The van der Waals surface area contributed by atoms with Crippen molar-refractivity contribution in [2.24, 2.45) is 0 Å². The number of benzene rings is 1. The van der Waals surface area contributed by atoms with Crippen molar-refractivity contribution in [3.8, 4) is 0 Å². The van der Waals surface area contributed by atoms with Crippen LogP contribution < -0.4 is 5.73 Å². The number of anilines is 1. The summed E-state index contributed by atoms with van der Waals surface area (Å²) >= 11 is 0. The summed E-state index contributed by atoms with van der Waals surface area (Å²) in [6, 6.07) is 5.07. The third-order valence-corrected chi connectivity index (χ3v) is 1.85. The molecule has 4 heteroatoms. The van der Waals surface area contributed by atoms with Gasteiger partial charge in [-0.05, 0) is 45.4 Å². The second kappa shape index (κ2) is 4.53. The van der Waals surface area contributed by atoms with Gasteiger partial charge in [0, 0.05) is 5.69 Å². The molecule has 0 spiro atoms. The van der Waals surface area contributed by atoms with Gasteiger partial charge in [0.05, 0.1) is 5.56 Å². The minimum absolute atomic E-state index is 0.421. The highest BCUT2D eigenvalue weighted by Crippen LogP contribution is 2.15. The van der Waals surface area contributed by atoms with Gasteiger partial charge in [0.2, 0.25) is 0 Å². The van der Waals surface area contributed by atoms with Crippen LogP contribution in [-0.4, -0.2) is 11.6 Å². The van der Waals surface area contributed by atoms with Crippen molar-refractivity contribution in [1.29, 1.82) is 0 Å². The molecule has 0 saturated carbocycles. The fraction of sp³-hybridized carbons (Fsp3) is 0.417. The zero-order valence-corrected chi connectivity index (χ0v) is 10.0. The second-order valence-electron chi connectivity index (χ2n) is 4.64. The van der Waals surface area contributed by atoms with Crippen molar-refractivity contribution in [3.63, 3.8) is 0 Å². The highest BCUT2D eigenvalue weighted by Gasteiger charge is 2.17. The molecule has 0 amide bonds. The lowest BCUT2D eigenvalue weighted by atomic mass is 10.1. The molecule has 4 nitrogen and oxygen atoms in total. The molecule has 88 valence electrons. The molecule has 2 N–H and O–H groups in total. The van der Waals surface area contributed by atoms with E-state index in [1.807, 2.05) is 6.92 Å². The average Bonchev–Trinajstić information content (AvgIpc) is 2.17. The van der Waals surface area contributed by atoms with Gasteiger partial charge in [-0.2, -0.15) is 4.89 Å². The third-order valence-electron chi connectivity index (χ3n) is 1.85. The Balaban J connectivity index is 2.77. The molecule has 1 aromatic rings. The molecule has 0 aliphatic carbocycles. The largest absolute Gasteiger partial charge is 0.399 e. The number of carbonyl (C=O) groups is 1. The van der Waals surface area contributed by atoms with E-state index in [1.165, 1.54) is 0 Å². The summed E-state index contributed by atoms with van der Waals surface area (Å²) in [5, 5.41) is 0. The van der Waals surface area contributed by atoms with Crippen molar-refractivity contribution in [1.82, 2.24) is 0 Å². The van der Waals surface area contributed by atoms with Crippen LogP contribution in [0.3, 0.4) is 0 Å². The molecule has 0 saturated heterocycles. The van der Waals surface area contributed by atoms with Crippen LogP contribution in [-0.2, 0) is 9.78 Å². The van der Waals surface area contributed by atoms with E-state index < -0.39 is 11.6 Å². The summed E-state index contributed by atoms with van der Waals surface area (Å²) in [5.74, 6) is -0.528. The Hall–Kier alpha value is -1.55. The lowest BCUT2D eigenvalue weighted by molar-refractivity contribution is -0.301. The molecule has 0 atom stereocenters. The van der Waals surface area contributed by atoms with Gasteiger partial charge < -0.3 is 5.73 Å². The lowest BCUT2D eigenvalue weighted by Gasteiger charge is -2.17. The van der Waals surface area contributed by atoms with Crippen molar-refractivity contribution < 1.29 is 14.6 Å². The van der Waals surface area contributed by atoms with Gasteiger partial charge in [-0.25, -0.2) is 4.79 Å². The molecule has 0 bridgehead atoms. The molecule has 0 aliphatic heterocycles. The van der Waals surface area contributed by atoms with Gasteiger partial charge in [-0.3, -0.25) is 4.89 Å². The highest BCUT2D eigenvalue weighted by atomic mass is 17.2. The van der Waals surface area contributed by atoms with E-state index in [2.05, 4.69) is 0 Å². The molecule has 0 aliphatic rings. The predicted molar refractivity (Wildman–Crippen MR) is 61.8 cm³/mol. The van der Waals surface area contributed by atoms with E-state index in [4.69, 9.17) is 15.5 Å². The van der Waals surface area contributed by atoms with Crippen LogP contribution in [0.2, 0.25) is 0 Å². The smallest absolute Gasteiger partial charge is 0.373 e. The van der Waals surface area contributed by atoms with Gasteiger partial charge in [-0.1, -0.05) is 6.07 Å². The lowest BCUT2D eigenvalue weighted by Crippen LogP contribution is -2.22. The zero-order valence-electron chi connectivity index (χ0n) is 10.0. The van der Waals surface area contributed by atoms with Crippen LogP contribution >= 0.6 is 0 Å². The molecule has 1 rings (SSSR count). The van der Waals surface area contributed by atoms with E-state index in [0.717, 1.165) is 5.56 Å². The van der Waals surface area contributed by atoms with E-state index in [0.29, 0.717) is 11.3 Å². The topological polar surface area (TPSA) is 61.6 Å². The fourth-order valence-electron chi connectivity index (χ4n) is 1.07. The molecule has 0 fully saturated rings. The minimum atomic E-state index is -0.528. The Kier molecular flexibility index (Phi) is 3.55. The van der Waals surface area contributed by atoms with Gasteiger partial charge in [-0.15, -0.1) is 0 Å². The highest BCUT2D eigenvalue weighted by molar-refractivity contribution is 5.91. The zero-order chi connectivity index (χ0) is 12.3. The van der Waals surface area contributed by atoms with Crippen LogP contribution in [0.5, 0.6) is 0 Å². The molecular formula is C12H17NO3. The summed E-state index contributed by atoms with van der Waals surface area (Å²) in [5.41, 5.74) is 6.82. The number of hydrogen-bond donors (Lipinski definition) is 1. The second-order valence-corrected chi connectivity index (χ2v) is 4.64. The molecule has 0 radical (unpaired) electrons. The normalized spacial score (nSPS) is 11.2. The molecular weight excluding hydrogens is 206 g/mol. The third kappa shape index (κ3) is 3.55. The molecule has 0 aromatic heterocycles. The van der Waals surface area contributed by atoms with E-state index in [9.17, 15) is 4.79 Å². The standard InChI is InChI=1S/C12H17NO3/c1-8-5-6-9(13)7-10(8)11(14)15-16-12(2,3)4/h5-7H,13H2,1-4H3. The van der Waals surface area contributed by atoms with Crippen LogP contribution in [0.4, 0.5) is 5.69 Å². The quantitative estimate of drug-likeness (QED) is 0.475. The first-order valence-corrected chi connectivity index (χ1v) is 5.06. The monoisotopic (exact) mass is 223 g/mol. The van der Waals surface area contributed by atoms with Crippen LogP contribution in [0, 0.1) is 6.92 Å². The SMILES string of the molecule is Cc1ccc(N)cc1C(=O)OOC(C)(C)C. The van der Waals surface area contributed by atoms with Crippen molar-refractivity contribution >= 4 is 11.7 Å². The summed E-state index contributed by atoms with van der Waals surface area (Å²) < 4.78 is 0. The van der Waals surface area contributed by atoms with Crippen LogP contribution in [0.25, 0.3) is 0 Å². The van der Waals surface area contributed by atoms with Crippen LogP contribution in [0.1, 0.15) is 36.7 Å². The maximum absolute atomic E-state index is 11.7. The van der Waals surface area contributed by atoms with Gasteiger partial charge in [0.25, 0.3) is 0 Å². The van der Waals surface area contributed by atoms with Crippen LogP contribution in [0.15, 0.2) is 18.2 Å². The number of hydrogen-bond acceptors (Lipinski definition) is 4.